The first-order valence-corrected chi connectivity index (χ1v) is 12.2. The van der Waals surface area contributed by atoms with Gasteiger partial charge in [-0.25, -0.2) is 15.0 Å². The summed E-state index contributed by atoms with van der Waals surface area (Å²) in [5, 5.41) is 2.39. The number of carbonyl (C=O) groups excluding carboxylic acids is 2. The molecule has 4 heterocycles. The van der Waals surface area contributed by atoms with E-state index in [4.69, 9.17) is 10.7 Å². The quantitative estimate of drug-likeness (QED) is 0.363. The number of amides is 2. The standard InChI is InChI=1S/C27H24F3N7O2/c1-2-22(38)36-13-5-6-17(15-36)23-20-10-12-33-26(31)37(20)24(35-23)16-8-9-18(19(14-16)27(28,29)30)25(39)34-21-7-3-4-11-32-21/h2-4,7-12,14,17H,1,5-6,13,15H2,(H2,31,33)(H,32,34,39). The van der Waals surface area contributed by atoms with Gasteiger partial charge in [-0.05, 0) is 49.2 Å². The van der Waals surface area contributed by atoms with E-state index in [1.165, 1.54) is 35.0 Å². The Morgan fingerprint density at radius 1 is 1.13 bits per heavy atom. The molecular weight excluding hydrogens is 511 g/mol. The van der Waals surface area contributed by atoms with E-state index in [1.54, 1.807) is 23.1 Å². The molecule has 0 bridgehead atoms. The third kappa shape index (κ3) is 5.05. The van der Waals surface area contributed by atoms with E-state index in [0.29, 0.717) is 24.3 Å². The molecule has 0 spiro atoms. The molecule has 12 heteroatoms. The molecule has 1 atom stereocenters. The smallest absolute Gasteiger partial charge is 0.369 e. The number of likely N-dealkylation sites (tertiary alicyclic amines) is 1. The lowest BCUT2D eigenvalue weighted by molar-refractivity contribution is -0.137. The molecule has 5 rings (SSSR count). The second kappa shape index (κ2) is 10.2. The van der Waals surface area contributed by atoms with Crippen LogP contribution >= 0.6 is 0 Å². The lowest BCUT2D eigenvalue weighted by atomic mass is 9.94. The van der Waals surface area contributed by atoms with Crippen LogP contribution in [0, 0.1) is 0 Å². The van der Waals surface area contributed by atoms with Crippen molar-refractivity contribution in [3.8, 4) is 11.4 Å². The van der Waals surface area contributed by atoms with Crippen molar-refractivity contribution in [3.63, 3.8) is 0 Å². The zero-order chi connectivity index (χ0) is 27.7. The maximum atomic E-state index is 14.2. The molecule has 39 heavy (non-hydrogen) atoms. The summed E-state index contributed by atoms with van der Waals surface area (Å²) in [6.07, 6.45) is 0.808. The van der Waals surface area contributed by atoms with E-state index in [9.17, 15) is 22.8 Å². The number of aromatic nitrogens is 4. The van der Waals surface area contributed by atoms with E-state index >= 15 is 0 Å². The molecule has 1 saturated heterocycles. The van der Waals surface area contributed by atoms with Gasteiger partial charge in [-0.1, -0.05) is 18.7 Å². The predicted molar refractivity (Wildman–Crippen MR) is 139 cm³/mol. The lowest BCUT2D eigenvalue weighted by Crippen LogP contribution is -2.38. The second-order valence-electron chi connectivity index (χ2n) is 9.10. The number of piperidine rings is 1. The highest BCUT2D eigenvalue weighted by Gasteiger charge is 2.36. The summed E-state index contributed by atoms with van der Waals surface area (Å²) in [5.74, 6) is -0.991. The summed E-state index contributed by atoms with van der Waals surface area (Å²) in [5.41, 5.74) is 5.76. The van der Waals surface area contributed by atoms with Crippen molar-refractivity contribution < 1.29 is 22.8 Å². The maximum absolute atomic E-state index is 14.2. The van der Waals surface area contributed by atoms with Crippen LogP contribution in [0.1, 0.15) is 40.4 Å². The van der Waals surface area contributed by atoms with Gasteiger partial charge in [0.2, 0.25) is 11.9 Å². The Balaban J connectivity index is 1.59. The number of alkyl halides is 3. The summed E-state index contributed by atoms with van der Waals surface area (Å²) >= 11 is 0. The van der Waals surface area contributed by atoms with Gasteiger partial charge in [0, 0.05) is 37.0 Å². The SMILES string of the molecule is C=CC(=O)N1CCCC(c2nc(-c3ccc(C(=O)Nc4ccccn4)c(C(F)(F)F)c3)n3c(N)nccc23)C1. The number of benzene rings is 1. The van der Waals surface area contributed by atoms with E-state index < -0.39 is 23.2 Å². The normalized spacial score (nSPS) is 15.8. The number of nitrogens with zero attached hydrogens (tertiary/aromatic N) is 5. The number of anilines is 2. The molecule has 2 amide bonds. The van der Waals surface area contributed by atoms with Crippen LogP contribution in [0.5, 0.6) is 0 Å². The summed E-state index contributed by atoms with van der Waals surface area (Å²) in [6, 6.07) is 9.77. The van der Waals surface area contributed by atoms with Gasteiger partial charge >= 0.3 is 6.18 Å². The summed E-state index contributed by atoms with van der Waals surface area (Å²) in [6.45, 7) is 4.52. The molecule has 1 aliphatic rings. The molecule has 1 unspecified atom stereocenters. The van der Waals surface area contributed by atoms with Gasteiger partial charge in [-0.2, -0.15) is 13.2 Å². The number of nitrogen functional groups attached to an aromatic ring is 1. The van der Waals surface area contributed by atoms with Crippen molar-refractivity contribution in [1.29, 1.82) is 0 Å². The van der Waals surface area contributed by atoms with Gasteiger partial charge in [-0.3, -0.25) is 14.0 Å². The molecule has 3 aromatic heterocycles. The summed E-state index contributed by atoms with van der Waals surface area (Å²) < 4.78 is 44.0. The molecule has 1 aromatic carbocycles. The van der Waals surface area contributed by atoms with Gasteiger partial charge < -0.3 is 16.0 Å². The largest absolute Gasteiger partial charge is 0.417 e. The number of nitrogens with two attached hydrogens (primary N) is 1. The van der Waals surface area contributed by atoms with Gasteiger partial charge in [-0.15, -0.1) is 0 Å². The highest BCUT2D eigenvalue weighted by atomic mass is 19.4. The molecular formula is C27H24F3N7O2. The number of hydrogen-bond donors (Lipinski definition) is 2. The molecule has 9 nitrogen and oxygen atoms in total. The van der Waals surface area contributed by atoms with Gasteiger partial charge in [0.25, 0.3) is 5.91 Å². The maximum Gasteiger partial charge on any atom is 0.417 e. The minimum Gasteiger partial charge on any atom is -0.369 e. The number of pyridine rings is 1. The predicted octanol–water partition coefficient (Wildman–Crippen LogP) is 4.54. The molecule has 200 valence electrons. The Kier molecular flexibility index (Phi) is 6.77. The average molecular weight is 536 g/mol. The van der Waals surface area contributed by atoms with Gasteiger partial charge in [0.15, 0.2) is 0 Å². The first kappa shape index (κ1) is 25.9. The van der Waals surface area contributed by atoms with E-state index in [1.807, 2.05) is 0 Å². The topological polar surface area (TPSA) is 119 Å². The lowest BCUT2D eigenvalue weighted by Gasteiger charge is -2.31. The van der Waals surface area contributed by atoms with Crippen LogP contribution in [-0.2, 0) is 11.0 Å². The van der Waals surface area contributed by atoms with Crippen LogP contribution in [-0.4, -0.2) is 49.2 Å². The van der Waals surface area contributed by atoms with Crippen LogP contribution in [0.3, 0.4) is 0 Å². The van der Waals surface area contributed by atoms with Crippen LogP contribution in [0.15, 0.2) is 67.5 Å². The molecule has 0 saturated carbocycles. The minimum atomic E-state index is -4.83. The third-order valence-electron chi connectivity index (χ3n) is 6.64. The number of carbonyl (C=O) groups is 2. The second-order valence-corrected chi connectivity index (χ2v) is 9.10. The zero-order valence-electron chi connectivity index (χ0n) is 20.7. The number of halogens is 3. The van der Waals surface area contributed by atoms with Crippen molar-refractivity contribution in [2.75, 3.05) is 24.1 Å². The molecule has 0 aliphatic carbocycles. The molecule has 1 fully saturated rings. The Hall–Kier alpha value is -4.74. The fourth-order valence-electron chi connectivity index (χ4n) is 4.84. The minimum absolute atomic E-state index is 0.0432. The number of fused-ring (bicyclic) bond motifs is 1. The van der Waals surface area contributed by atoms with Crippen molar-refractivity contribution in [3.05, 3.63) is 84.3 Å². The Morgan fingerprint density at radius 2 is 1.95 bits per heavy atom. The number of nitrogens with one attached hydrogen (secondary N) is 1. The fraction of sp³-hybridized carbons (Fsp3) is 0.222. The molecule has 3 N–H and O–H groups in total. The average Bonchev–Trinajstić information content (AvgIpc) is 3.33. The monoisotopic (exact) mass is 535 g/mol. The van der Waals surface area contributed by atoms with Crippen molar-refractivity contribution >= 4 is 29.1 Å². The van der Waals surface area contributed by atoms with Crippen LogP contribution in [0.4, 0.5) is 24.9 Å². The molecule has 4 aromatic rings. The first-order valence-electron chi connectivity index (χ1n) is 12.2. The van der Waals surface area contributed by atoms with E-state index in [2.05, 4.69) is 21.9 Å². The Morgan fingerprint density at radius 3 is 2.67 bits per heavy atom. The van der Waals surface area contributed by atoms with Crippen molar-refractivity contribution in [2.45, 2.75) is 24.9 Å². The number of rotatable bonds is 5. The van der Waals surface area contributed by atoms with Gasteiger partial charge in [0.1, 0.15) is 11.6 Å². The van der Waals surface area contributed by atoms with Crippen LogP contribution < -0.4 is 11.1 Å². The number of hydrogen-bond acceptors (Lipinski definition) is 6. The number of imidazole rings is 1. The summed E-state index contributed by atoms with van der Waals surface area (Å²) in [7, 11) is 0. The third-order valence-corrected chi connectivity index (χ3v) is 6.64. The van der Waals surface area contributed by atoms with Gasteiger partial charge in [0.05, 0.1) is 22.3 Å². The molecule has 1 aliphatic heterocycles. The summed E-state index contributed by atoms with van der Waals surface area (Å²) in [4.78, 5) is 39.4. The fourth-order valence-corrected chi connectivity index (χ4v) is 4.84. The first-order chi connectivity index (χ1) is 18.7. The zero-order valence-corrected chi connectivity index (χ0v) is 20.7. The molecule has 0 radical (unpaired) electrons. The Labute approximate surface area is 221 Å². The van der Waals surface area contributed by atoms with Crippen molar-refractivity contribution in [1.82, 2.24) is 24.3 Å². The Bertz CT molecular complexity index is 1570. The van der Waals surface area contributed by atoms with E-state index in [0.717, 1.165) is 25.0 Å². The highest BCUT2D eigenvalue weighted by Crippen LogP contribution is 2.38. The van der Waals surface area contributed by atoms with E-state index in [-0.39, 0.29) is 35.0 Å². The van der Waals surface area contributed by atoms with Crippen LogP contribution in [0.2, 0.25) is 0 Å². The highest BCUT2D eigenvalue weighted by molar-refractivity contribution is 6.05. The van der Waals surface area contributed by atoms with Crippen molar-refractivity contribution in [2.24, 2.45) is 0 Å². The van der Waals surface area contributed by atoms with Crippen LogP contribution in [0.25, 0.3) is 16.9 Å².